The molecule has 74 valence electrons. The van der Waals surface area contributed by atoms with E-state index in [4.69, 9.17) is 11.6 Å². The van der Waals surface area contributed by atoms with Gasteiger partial charge in [-0.2, -0.15) is 0 Å². The molecule has 0 aliphatic rings. The van der Waals surface area contributed by atoms with E-state index in [1.165, 1.54) is 0 Å². The molecule has 1 aromatic rings. The summed E-state index contributed by atoms with van der Waals surface area (Å²) in [6.07, 6.45) is 1.91. The van der Waals surface area contributed by atoms with Gasteiger partial charge in [-0.3, -0.25) is 0 Å². The molecule has 3 heteroatoms. The lowest BCUT2D eigenvalue weighted by molar-refractivity contribution is -0.107. The average molecular weight is 274 g/mol. The standard InChI is InChI=1S/C11H10BrClO/c12-11(10(13)7-4-8-14)9-5-2-1-3-6-9/h1-3,5-6,8H,4,7H2/b11-10-. The van der Waals surface area contributed by atoms with Crippen molar-refractivity contribution in [2.75, 3.05) is 0 Å². The van der Waals surface area contributed by atoms with E-state index in [1.807, 2.05) is 30.3 Å². The Balaban J connectivity index is 2.81. The topological polar surface area (TPSA) is 17.1 Å². The Labute approximate surface area is 96.9 Å². The molecule has 0 amide bonds. The molecule has 14 heavy (non-hydrogen) atoms. The van der Waals surface area contributed by atoms with Crippen molar-refractivity contribution < 1.29 is 4.79 Å². The van der Waals surface area contributed by atoms with Crippen LogP contribution in [0, 0.1) is 0 Å². The van der Waals surface area contributed by atoms with Gasteiger partial charge in [0.05, 0.1) is 0 Å². The maximum atomic E-state index is 10.2. The Hall–Kier alpha value is -0.600. The van der Waals surface area contributed by atoms with Crippen LogP contribution in [0.25, 0.3) is 4.48 Å². The lowest BCUT2D eigenvalue weighted by atomic mass is 10.2. The van der Waals surface area contributed by atoms with Crippen molar-refractivity contribution in [1.82, 2.24) is 0 Å². The molecule has 0 N–H and O–H groups in total. The monoisotopic (exact) mass is 272 g/mol. The van der Waals surface area contributed by atoms with Gasteiger partial charge in [0.15, 0.2) is 0 Å². The lowest BCUT2D eigenvalue weighted by Crippen LogP contribution is -1.82. The summed E-state index contributed by atoms with van der Waals surface area (Å²) in [5.41, 5.74) is 1.03. The number of hydrogen-bond acceptors (Lipinski definition) is 1. The zero-order valence-electron chi connectivity index (χ0n) is 7.54. The molecule has 0 radical (unpaired) electrons. The number of benzene rings is 1. The summed E-state index contributed by atoms with van der Waals surface area (Å²) in [7, 11) is 0. The highest BCUT2D eigenvalue weighted by atomic mass is 79.9. The summed E-state index contributed by atoms with van der Waals surface area (Å²) < 4.78 is 0.863. The highest BCUT2D eigenvalue weighted by molar-refractivity contribution is 9.15. The van der Waals surface area contributed by atoms with Gasteiger partial charge in [0.2, 0.25) is 0 Å². The van der Waals surface area contributed by atoms with Crippen LogP contribution < -0.4 is 0 Å². The first-order valence-corrected chi connectivity index (χ1v) is 5.46. The second-order valence-electron chi connectivity index (χ2n) is 2.79. The van der Waals surface area contributed by atoms with E-state index in [1.54, 1.807) is 0 Å². The van der Waals surface area contributed by atoms with E-state index in [0.717, 1.165) is 16.3 Å². The van der Waals surface area contributed by atoms with E-state index in [-0.39, 0.29) is 0 Å². The van der Waals surface area contributed by atoms with Crippen LogP contribution in [0.1, 0.15) is 18.4 Å². The van der Waals surface area contributed by atoms with E-state index >= 15 is 0 Å². The lowest BCUT2D eigenvalue weighted by Gasteiger charge is -2.02. The van der Waals surface area contributed by atoms with Crippen LogP contribution in [-0.2, 0) is 4.79 Å². The molecule has 0 aliphatic heterocycles. The second kappa shape index (κ2) is 5.99. The molecule has 0 spiro atoms. The van der Waals surface area contributed by atoms with Crippen LogP contribution in [0.2, 0.25) is 0 Å². The summed E-state index contributed by atoms with van der Waals surface area (Å²) in [6, 6.07) is 9.77. The molecule has 1 nitrogen and oxygen atoms in total. The number of carbonyl (C=O) groups excluding carboxylic acids is 1. The van der Waals surface area contributed by atoms with Crippen molar-refractivity contribution >= 4 is 38.3 Å². The predicted molar refractivity (Wildman–Crippen MR) is 63.4 cm³/mol. The zero-order chi connectivity index (χ0) is 10.4. The summed E-state index contributed by atoms with van der Waals surface area (Å²) >= 11 is 9.43. The fourth-order valence-electron chi connectivity index (χ4n) is 1.04. The molecule has 0 saturated heterocycles. The summed E-state index contributed by atoms with van der Waals surface area (Å²) in [6.45, 7) is 0. The Bertz CT molecular complexity index is 332. The molecule has 0 heterocycles. The zero-order valence-corrected chi connectivity index (χ0v) is 9.88. The number of halogens is 2. The Kier molecular flexibility index (Phi) is 4.91. The minimum absolute atomic E-state index is 0.459. The third kappa shape index (κ3) is 3.28. The van der Waals surface area contributed by atoms with Gasteiger partial charge in [-0.25, -0.2) is 0 Å². The molecule has 0 saturated carbocycles. The SMILES string of the molecule is O=CCC/C(Cl)=C(/Br)c1ccccc1. The smallest absolute Gasteiger partial charge is 0.120 e. The van der Waals surface area contributed by atoms with Crippen molar-refractivity contribution in [1.29, 1.82) is 0 Å². The Morgan fingerprint density at radius 2 is 2.00 bits per heavy atom. The van der Waals surface area contributed by atoms with Gasteiger partial charge < -0.3 is 4.79 Å². The van der Waals surface area contributed by atoms with Crippen LogP contribution in [0.5, 0.6) is 0 Å². The van der Waals surface area contributed by atoms with Gasteiger partial charge in [-0.05, 0) is 27.9 Å². The van der Waals surface area contributed by atoms with Crippen LogP contribution in [0.15, 0.2) is 35.4 Å². The first-order chi connectivity index (χ1) is 6.75. The summed E-state index contributed by atoms with van der Waals surface area (Å²) in [5, 5.41) is 0.684. The third-order valence-corrected chi connectivity index (χ3v) is 3.29. The van der Waals surface area contributed by atoms with E-state index in [9.17, 15) is 4.79 Å². The van der Waals surface area contributed by atoms with Gasteiger partial charge in [0, 0.05) is 15.9 Å². The maximum absolute atomic E-state index is 10.2. The average Bonchev–Trinajstić information content (AvgIpc) is 2.26. The first kappa shape index (κ1) is 11.5. The quantitative estimate of drug-likeness (QED) is 0.759. The van der Waals surface area contributed by atoms with Crippen molar-refractivity contribution in [3.8, 4) is 0 Å². The number of allylic oxidation sites excluding steroid dienone is 1. The minimum atomic E-state index is 0.459. The van der Waals surface area contributed by atoms with E-state index in [2.05, 4.69) is 15.9 Å². The predicted octanol–water partition coefficient (Wildman–Crippen LogP) is 3.97. The van der Waals surface area contributed by atoms with Gasteiger partial charge in [0.1, 0.15) is 6.29 Å². The molecule has 0 fully saturated rings. The molecule has 1 aromatic carbocycles. The molecular formula is C11H10BrClO. The van der Waals surface area contributed by atoms with Crippen LogP contribution in [0.3, 0.4) is 0 Å². The van der Waals surface area contributed by atoms with Crippen molar-refractivity contribution in [2.24, 2.45) is 0 Å². The van der Waals surface area contributed by atoms with Gasteiger partial charge >= 0.3 is 0 Å². The van der Waals surface area contributed by atoms with Gasteiger partial charge in [-0.1, -0.05) is 41.9 Å². The number of aldehydes is 1. The van der Waals surface area contributed by atoms with Gasteiger partial charge in [-0.15, -0.1) is 0 Å². The number of carbonyl (C=O) groups is 1. The summed E-state index contributed by atoms with van der Waals surface area (Å²) in [4.78, 5) is 10.2. The maximum Gasteiger partial charge on any atom is 0.120 e. The fraction of sp³-hybridized carbons (Fsp3) is 0.182. The summed E-state index contributed by atoms with van der Waals surface area (Å²) in [5.74, 6) is 0. The van der Waals surface area contributed by atoms with Crippen LogP contribution >= 0.6 is 27.5 Å². The second-order valence-corrected chi connectivity index (χ2v) is 4.04. The molecule has 1 rings (SSSR count). The molecule has 0 aromatic heterocycles. The molecular weight excluding hydrogens is 263 g/mol. The fourth-order valence-corrected chi connectivity index (χ4v) is 1.72. The highest BCUT2D eigenvalue weighted by Crippen LogP contribution is 2.29. The van der Waals surface area contributed by atoms with Crippen LogP contribution in [0.4, 0.5) is 0 Å². The van der Waals surface area contributed by atoms with Crippen LogP contribution in [-0.4, -0.2) is 6.29 Å². The minimum Gasteiger partial charge on any atom is -0.303 e. The highest BCUT2D eigenvalue weighted by Gasteiger charge is 2.03. The van der Waals surface area contributed by atoms with E-state index in [0.29, 0.717) is 17.9 Å². The molecule has 0 atom stereocenters. The third-order valence-electron chi connectivity index (χ3n) is 1.75. The molecule has 0 aliphatic carbocycles. The largest absolute Gasteiger partial charge is 0.303 e. The Morgan fingerprint density at radius 1 is 1.36 bits per heavy atom. The normalized spacial score (nSPS) is 12.1. The van der Waals surface area contributed by atoms with Gasteiger partial charge in [0.25, 0.3) is 0 Å². The molecule has 0 bridgehead atoms. The van der Waals surface area contributed by atoms with Crippen molar-refractivity contribution in [3.05, 3.63) is 40.9 Å². The molecule has 0 unspecified atom stereocenters. The Morgan fingerprint density at radius 3 is 2.57 bits per heavy atom. The number of hydrogen-bond donors (Lipinski definition) is 0. The van der Waals surface area contributed by atoms with E-state index < -0.39 is 0 Å². The van der Waals surface area contributed by atoms with Crippen molar-refractivity contribution in [3.63, 3.8) is 0 Å². The first-order valence-electron chi connectivity index (χ1n) is 4.29. The number of rotatable bonds is 4. The van der Waals surface area contributed by atoms with Crippen molar-refractivity contribution in [2.45, 2.75) is 12.8 Å².